The molecule has 3 nitrogen and oxygen atoms in total. The molecule has 136 valence electrons. The van der Waals surface area contributed by atoms with E-state index in [2.05, 4.69) is 21.7 Å². The number of rotatable bonds is 8. The van der Waals surface area contributed by atoms with E-state index in [-0.39, 0.29) is 0 Å². The second-order valence-electron chi connectivity index (χ2n) is 5.91. The van der Waals surface area contributed by atoms with Crippen molar-refractivity contribution in [1.82, 2.24) is 9.55 Å². The highest BCUT2D eigenvalue weighted by atomic mass is 35.5. The van der Waals surface area contributed by atoms with Gasteiger partial charge in [0.05, 0.1) is 23.5 Å². The molecule has 1 heterocycles. The maximum Gasteiger partial charge on any atom is 0.119 e. The lowest BCUT2D eigenvalue weighted by atomic mass is 10.1. The monoisotopic (exact) mass is 406 g/mol. The summed E-state index contributed by atoms with van der Waals surface area (Å²) in [6, 6.07) is 12.1. The molecule has 0 N–H and O–H groups in total. The molecule has 0 spiro atoms. The lowest BCUT2D eigenvalue weighted by Gasteiger charge is -2.12. The molecule has 0 saturated carbocycles. The molecule has 0 unspecified atom stereocenters. The van der Waals surface area contributed by atoms with Gasteiger partial charge in [0.15, 0.2) is 0 Å². The largest absolute Gasteiger partial charge is 0.497 e. The van der Waals surface area contributed by atoms with E-state index in [0.29, 0.717) is 10.0 Å². The Hall–Kier alpha value is -1.62. The van der Waals surface area contributed by atoms with Crippen molar-refractivity contribution in [1.29, 1.82) is 0 Å². The number of aryl methyl sites for hydroxylation is 2. The van der Waals surface area contributed by atoms with Gasteiger partial charge in [0.25, 0.3) is 0 Å². The van der Waals surface area contributed by atoms with E-state index in [0.717, 1.165) is 36.5 Å². The van der Waals surface area contributed by atoms with Crippen molar-refractivity contribution in [2.45, 2.75) is 30.0 Å². The van der Waals surface area contributed by atoms with Crippen LogP contribution in [-0.4, -0.2) is 16.7 Å². The van der Waals surface area contributed by atoms with Crippen LogP contribution in [0, 0.1) is 0 Å². The lowest BCUT2D eigenvalue weighted by molar-refractivity contribution is 0.413. The second kappa shape index (κ2) is 9.36. The van der Waals surface area contributed by atoms with Crippen LogP contribution >= 0.6 is 35.0 Å². The Labute approximate surface area is 168 Å². The summed E-state index contributed by atoms with van der Waals surface area (Å²) in [4.78, 5) is 5.35. The maximum atomic E-state index is 6.12. The average Bonchev–Trinajstić information content (AvgIpc) is 3.16. The molecule has 3 aromatic rings. The van der Waals surface area contributed by atoms with Gasteiger partial charge in [-0.05, 0) is 54.3 Å². The first kappa shape index (κ1) is 19.2. The van der Waals surface area contributed by atoms with E-state index >= 15 is 0 Å². The van der Waals surface area contributed by atoms with Gasteiger partial charge in [-0.2, -0.15) is 0 Å². The highest BCUT2D eigenvalue weighted by Crippen LogP contribution is 2.32. The molecular weight excluding hydrogens is 387 g/mol. The molecular formula is C20H20Cl2N2OS. The van der Waals surface area contributed by atoms with Gasteiger partial charge in [-0.25, -0.2) is 4.98 Å². The first-order valence-corrected chi connectivity index (χ1v) is 10.1. The minimum atomic E-state index is 0.588. The van der Waals surface area contributed by atoms with Crippen molar-refractivity contribution in [3.8, 4) is 5.75 Å². The second-order valence-corrected chi connectivity index (χ2v) is 7.75. The molecule has 0 bridgehead atoms. The summed E-state index contributed by atoms with van der Waals surface area (Å²) in [5.74, 6) is 1.74. The smallest absolute Gasteiger partial charge is 0.119 e. The number of hydrogen-bond acceptors (Lipinski definition) is 3. The number of aromatic nitrogens is 2. The van der Waals surface area contributed by atoms with E-state index in [1.165, 1.54) is 10.5 Å². The molecule has 0 amide bonds. The lowest BCUT2D eigenvalue weighted by Crippen LogP contribution is -1.98. The van der Waals surface area contributed by atoms with Crippen LogP contribution in [0.2, 0.25) is 10.0 Å². The Bertz CT molecular complexity index is 853. The number of thioether (sulfide) groups is 1. The third-order valence-electron chi connectivity index (χ3n) is 4.07. The summed E-state index contributed by atoms with van der Waals surface area (Å²) < 4.78 is 7.50. The molecule has 6 heteroatoms. The molecule has 2 aromatic carbocycles. The molecule has 1 aromatic heterocycles. The predicted molar refractivity (Wildman–Crippen MR) is 110 cm³/mol. The minimum Gasteiger partial charge on any atom is -0.497 e. The fraction of sp³-hybridized carbons (Fsp3) is 0.250. The van der Waals surface area contributed by atoms with E-state index in [1.807, 2.05) is 43.0 Å². The van der Waals surface area contributed by atoms with Crippen molar-refractivity contribution in [3.05, 3.63) is 76.3 Å². The van der Waals surface area contributed by atoms with Crippen molar-refractivity contribution in [2.75, 3.05) is 7.11 Å². The molecule has 0 radical (unpaired) electrons. The van der Waals surface area contributed by atoms with E-state index in [4.69, 9.17) is 27.9 Å². The third-order valence-corrected chi connectivity index (χ3v) is 5.99. The van der Waals surface area contributed by atoms with Crippen LogP contribution in [0.5, 0.6) is 5.75 Å². The van der Waals surface area contributed by atoms with Crippen molar-refractivity contribution in [3.63, 3.8) is 0 Å². The van der Waals surface area contributed by atoms with Crippen LogP contribution in [0.1, 0.15) is 17.5 Å². The van der Waals surface area contributed by atoms with Gasteiger partial charge in [-0.15, -0.1) is 11.8 Å². The Kier molecular flexibility index (Phi) is 6.89. The standard InChI is InChI=1S/C20H20Cl2N2OS/c1-25-17-5-7-20(26-13-15-4-6-18(21)19(22)11-15)16(12-17)3-2-9-24-10-8-23-14-24/h4-8,10-12,14H,2-3,9,13H2,1H3. The normalized spacial score (nSPS) is 10.9. The molecule has 0 fully saturated rings. The number of nitrogens with zero attached hydrogens (tertiary/aromatic N) is 2. The van der Waals surface area contributed by atoms with Gasteiger partial charge in [-0.1, -0.05) is 29.3 Å². The Morgan fingerprint density at radius 1 is 1.12 bits per heavy atom. The van der Waals surface area contributed by atoms with Gasteiger partial charge in [0.1, 0.15) is 5.75 Å². The fourth-order valence-electron chi connectivity index (χ4n) is 2.68. The van der Waals surface area contributed by atoms with Crippen molar-refractivity contribution >= 4 is 35.0 Å². The highest BCUT2D eigenvalue weighted by Gasteiger charge is 2.07. The maximum absolute atomic E-state index is 6.12. The van der Waals surface area contributed by atoms with Crippen LogP contribution in [0.3, 0.4) is 0 Å². The molecule has 0 atom stereocenters. The summed E-state index contributed by atoms with van der Waals surface area (Å²) in [6.07, 6.45) is 7.68. The molecule has 0 aliphatic carbocycles. The number of ether oxygens (including phenoxy) is 1. The summed E-state index contributed by atoms with van der Waals surface area (Å²) in [7, 11) is 1.70. The van der Waals surface area contributed by atoms with E-state index in [1.54, 1.807) is 18.9 Å². The summed E-state index contributed by atoms with van der Waals surface area (Å²) >= 11 is 13.9. The summed E-state index contributed by atoms with van der Waals surface area (Å²) in [5, 5.41) is 1.19. The van der Waals surface area contributed by atoms with Crippen LogP contribution in [0.25, 0.3) is 0 Å². The average molecular weight is 407 g/mol. The van der Waals surface area contributed by atoms with Gasteiger partial charge in [-0.3, -0.25) is 0 Å². The Morgan fingerprint density at radius 2 is 2.00 bits per heavy atom. The van der Waals surface area contributed by atoms with Crippen LogP contribution in [0.15, 0.2) is 60.0 Å². The summed E-state index contributed by atoms with van der Waals surface area (Å²) in [5.41, 5.74) is 2.46. The number of imidazole rings is 1. The molecule has 26 heavy (non-hydrogen) atoms. The molecule has 0 saturated heterocycles. The quantitative estimate of drug-likeness (QED) is 0.421. The Balaban J connectivity index is 1.67. The van der Waals surface area contributed by atoms with Gasteiger partial charge in [0.2, 0.25) is 0 Å². The zero-order chi connectivity index (χ0) is 18.4. The van der Waals surface area contributed by atoms with Gasteiger partial charge in [0, 0.05) is 29.6 Å². The predicted octanol–water partition coefficient (Wildman–Crippen LogP) is 6.12. The van der Waals surface area contributed by atoms with Crippen molar-refractivity contribution in [2.24, 2.45) is 0 Å². The molecule has 0 aliphatic heterocycles. The third kappa shape index (κ3) is 5.19. The first-order valence-electron chi connectivity index (χ1n) is 8.35. The van der Waals surface area contributed by atoms with Gasteiger partial charge >= 0.3 is 0 Å². The van der Waals surface area contributed by atoms with Crippen LogP contribution < -0.4 is 4.74 Å². The van der Waals surface area contributed by atoms with Crippen LogP contribution in [0.4, 0.5) is 0 Å². The fourth-order valence-corrected chi connectivity index (χ4v) is 4.01. The number of benzene rings is 2. The highest BCUT2D eigenvalue weighted by molar-refractivity contribution is 7.98. The first-order chi connectivity index (χ1) is 12.7. The molecule has 3 rings (SSSR count). The molecule has 0 aliphatic rings. The topological polar surface area (TPSA) is 27.1 Å². The summed E-state index contributed by atoms with van der Waals surface area (Å²) in [6.45, 7) is 0.952. The van der Waals surface area contributed by atoms with E-state index < -0.39 is 0 Å². The zero-order valence-electron chi connectivity index (χ0n) is 14.5. The zero-order valence-corrected chi connectivity index (χ0v) is 16.8. The SMILES string of the molecule is COc1ccc(SCc2ccc(Cl)c(Cl)c2)c(CCCn2ccnc2)c1. The van der Waals surface area contributed by atoms with Crippen LogP contribution in [-0.2, 0) is 18.7 Å². The number of halogens is 2. The minimum absolute atomic E-state index is 0.588. The van der Waals surface area contributed by atoms with Crippen molar-refractivity contribution < 1.29 is 4.74 Å². The Morgan fingerprint density at radius 3 is 2.73 bits per heavy atom. The number of methoxy groups -OCH3 is 1. The van der Waals surface area contributed by atoms with E-state index in [9.17, 15) is 0 Å². The van der Waals surface area contributed by atoms with Gasteiger partial charge < -0.3 is 9.30 Å². The number of hydrogen-bond donors (Lipinski definition) is 0.